The maximum Gasteiger partial charge on any atom is 0.267 e. The minimum Gasteiger partial charge on any atom is -0.512 e. The van der Waals surface area contributed by atoms with Crippen molar-refractivity contribution in [1.29, 1.82) is 0 Å². The fourth-order valence-corrected chi connectivity index (χ4v) is 4.36. The molecule has 29 heavy (non-hydrogen) atoms. The molecule has 0 spiro atoms. The number of allylic oxidation sites excluding steroid dienone is 1. The fraction of sp³-hybridized carbons (Fsp3) is 0.280. The lowest BCUT2D eigenvalue weighted by molar-refractivity contribution is 0.318. The van der Waals surface area contributed by atoms with Crippen LogP contribution in [-0.2, 0) is 6.54 Å². The van der Waals surface area contributed by atoms with Crippen LogP contribution in [0.15, 0.2) is 83.9 Å². The van der Waals surface area contributed by atoms with Gasteiger partial charge in [-0.05, 0) is 36.0 Å². The molecule has 1 N–H and O–H groups in total. The Bertz CT molecular complexity index is 1030. The SMILES string of the molecule is C=C(O)C(c1ccc(Cn2nc(-c3ccccc3)ccc2=O)cc1)C1CCCC1. The molecule has 148 valence electrons. The maximum atomic E-state index is 12.3. The molecule has 0 saturated heterocycles. The first-order valence-corrected chi connectivity index (χ1v) is 10.2. The Hall–Kier alpha value is -3.14. The summed E-state index contributed by atoms with van der Waals surface area (Å²) in [4.78, 5) is 12.3. The van der Waals surface area contributed by atoms with Gasteiger partial charge < -0.3 is 5.11 Å². The van der Waals surface area contributed by atoms with Crippen LogP contribution in [0.5, 0.6) is 0 Å². The first kappa shape index (κ1) is 19.2. The summed E-state index contributed by atoms with van der Waals surface area (Å²) in [5.74, 6) is 0.706. The van der Waals surface area contributed by atoms with Crippen LogP contribution in [0.2, 0.25) is 0 Å². The summed E-state index contributed by atoms with van der Waals surface area (Å²) < 4.78 is 1.50. The second kappa shape index (κ2) is 8.48. The smallest absolute Gasteiger partial charge is 0.267 e. The lowest BCUT2D eigenvalue weighted by Gasteiger charge is -2.23. The monoisotopic (exact) mass is 386 g/mol. The molecule has 2 aromatic carbocycles. The zero-order valence-corrected chi connectivity index (χ0v) is 16.5. The van der Waals surface area contributed by atoms with Gasteiger partial charge in [0, 0.05) is 17.5 Å². The van der Waals surface area contributed by atoms with E-state index in [1.165, 1.54) is 17.5 Å². The van der Waals surface area contributed by atoms with E-state index in [2.05, 4.69) is 11.7 Å². The Kier molecular flexibility index (Phi) is 5.61. The summed E-state index contributed by atoms with van der Waals surface area (Å²) >= 11 is 0. The van der Waals surface area contributed by atoms with Gasteiger partial charge in [0.25, 0.3) is 5.56 Å². The van der Waals surface area contributed by atoms with E-state index >= 15 is 0 Å². The van der Waals surface area contributed by atoms with Crippen molar-refractivity contribution in [2.45, 2.75) is 38.1 Å². The molecule has 1 saturated carbocycles. The van der Waals surface area contributed by atoms with E-state index < -0.39 is 0 Å². The molecule has 1 unspecified atom stereocenters. The first-order chi connectivity index (χ1) is 14.1. The lowest BCUT2D eigenvalue weighted by Crippen LogP contribution is -2.22. The predicted molar refractivity (Wildman–Crippen MR) is 116 cm³/mol. The molecule has 0 bridgehead atoms. The van der Waals surface area contributed by atoms with Gasteiger partial charge in [-0.3, -0.25) is 4.79 Å². The van der Waals surface area contributed by atoms with Crippen molar-refractivity contribution in [1.82, 2.24) is 9.78 Å². The van der Waals surface area contributed by atoms with Gasteiger partial charge in [0.15, 0.2) is 0 Å². The van der Waals surface area contributed by atoms with Gasteiger partial charge in [0.05, 0.1) is 18.0 Å². The van der Waals surface area contributed by atoms with Crippen LogP contribution in [0.1, 0.15) is 42.7 Å². The third kappa shape index (κ3) is 4.32. The quantitative estimate of drug-likeness (QED) is 0.585. The summed E-state index contributed by atoms with van der Waals surface area (Å²) in [5, 5.41) is 14.7. The number of aliphatic hydroxyl groups is 1. The van der Waals surface area contributed by atoms with Gasteiger partial charge in [-0.1, -0.05) is 74.0 Å². The topological polar surface area (TPSA) is 55.1 Å². The zero-order valence-electron chi connectivity index (χ0n) is 16.5. The van der Waals surface area contributed by atoms with Crippen molar-refractivity contribution < 1.29 is 5.11 Å². The highest BCUT2D eigenvalue weighted by atomic mass is 16.3. The predicted octanol–water partition coefficient (Wildman–Crippen LogP) is 5.30. The first-order valence-electron chi connectivity index (χ1n) is 10.2. The number of benzene rings is 2. The number of nitrogens with zero attached hydrogens (tertiary/aromatic N) is 2. The van der Waals surface area contributed by atoms with Crippen LogP contribution >= 0.6 is 0 Å². The maximum absolute atomic E-state index is 12.3. The normalized spacial score (nSPS) is 15.3. The molecule has 1 aliphatic rings. The molecule has 1 heterocycles. The molecule has 0 radical (unpaired) electrons. The van der Waals surface area contributed by atoms with Crippen LogP contribution in [0.4, 0.5) is 0 Å². The number of hydrogen-bond acceptors (Lipinski definition) is 3. The molecular weight excluding hydrogens is 360 g/mol. The molecule has 1 aliphatic carbocycles. The number of aromatic nitrogens is 2. The molecule has 0 aliphatic heterocycles. The molecule has 4 heteroatoms. The van der Waals surface area contributed by atoms with E-state index in [0.29, 0.717) is 12.5 Å². The van der Waals surface area contributed by atoms with Gasteiger partial charge in [0.2, 0.25) is 0 Å². The summed E-state index contributed by atoms with van der Waals surface area (Å²) in [6.45, 7) is 4.23. The lowest BCUT2D eigenvalue weighted by atomic mass is 9.83. The van der Waals surface area contributed by atoms with Crippen LogP contribution in [-0.4, -0.2) is 14.9 Å². The Morgan fingerprint density at radius 3 is 2.38 bits per heavy atom. The highest BCUT2D eigenvalue weighted by Crippen LogP contribution is 2.40. The Morgan fingerprint density at radius 1 is 1.03 bits per heavy atom. The van der Waals surface area contributed by atoms with Crippen molar-refractivity contribution in [3.8, 4) is 11.3 Å². The Morgan fingerprint density at radius 2 is 1.72 bits per heavy atom. The van der Waals surface area contributed by atoms with Gasteiger partial charge in [-0.15, -0.1) is 0 Å². The second-order valence-electron chi connectivity index (χ2n) is 7.84. The van der Waals surface area contributed by atoms with Crippen molar-refractivity contribution >= 4 is 0 Å². The highest BCUT2D eigenvalue weighted by molar-refractivity contribution is 5.57. The van der Waals surface area contributed by atoms with Crippen LogP contribution in [0.3, 0.4) is 0 Å². The molecule has 1 fully saturated rings. The van der Waals surface area contributed by atoms with E-state index in [0.717, 1.165) is 35.2 Å². The summed E-state index contributed by atoms with van der Waals surface area (Å²) in [6.07, 6.45) is 4.72. The van der Waals surface area contributed by atoms with Crippen molar-refractivity contribution in [3.05, 3.63) is 101 Å². The van der Waals surface area contributed by atoms with Crippen molar-refractivity contribution in [2.24, 2.45) is 5.92 Å². The molecule has 1 atom stereocenters. The van der Waals surface area contributed by atoms with Crippen LogP contribution in [0, 0.1) is 5.92 Å². The molecular formula is C25H26N2O2. The standard InChI is InChI=1S/C25H26N2O2/c1-18(28)25(21-9-5-6-10-21)22-13-11-19(12-14-22)17-27-24(29)16-15-23(26-27)20-7-3-2-4-8-20/h2-4,7-8,11-16,21,25,28H,1,5-6,9-10,17H2. The van der Waals surface area contributed by atoms with E-state index in [1.54, 1.807) is 12.1 Å². The van der Waals surface area contributed by atoms with E-state index in [9.17, 15) is 9.90 Å². The summed E-state index contributed by atoms with van der Waals surface area (Å²) in [6, 6.07) is 21.3. The van der Waals surface area contributed by atoms with E-state index in [1.807, 2.05) is 54.6 Å². The molecule has 1 aromatic heterocycles. The largest absolute Gasteiger partial charge is 0.512 e. The number of hydrogen-bond donors (Lipinski definition) is 1. The zero-order chi connectivity index (χ0) is 20.2. The van der Waals surface area contributed by atoms with Crippen molar-refractivity contribution in [3.63, 3.8) is 0 Å². The average molecular weight is 386 g/mol. The average Bonchev–Trinajstić information content (AvgIpc) is 3.26. The fourth-order valence-electron chi connectivity index (χ4n) is 4.36. The van der Waals surface area contributed by atoms with Gasteiger partial charge in [-0.25, -0.2) is 4.68 Å². The second-order valence-corrected chi connectivity index (χ2v) is 7.84. The van der Waals surface area contributed by atoms with Crippen LogP contribution < -0.4 is 5.56 Å². The summed E-state index contributed by atoms with van der Waals surface area (Å²) in [7, 11) is 0. The van der Waals surface area contributed by atoms with Gasteiger partial charge >= 0.3 is 0 Å². The minimum atomic E-state index is -0.124. The van der Waals surface area contributed by atoms with Gasteiger partial charge in [-0.2, -0.15) is 5.10 Å². The Labute approximate surface area is 171 Å². The van der Waals surface area contributed by atoms with Crippen LogP contribution in [0.25, 0.3) is 11.3 Å². The Balaban J connectivity index is 1.56. The molecule has 4 rings (SSSR count). The molecule has 0 amide bonds. The van der Waals surface area contributed by atoms with E-state index in [4.69, 9.17) is 0 Å². The van der Waals surface area contributed by atoms with Crippen molar-refractivity contribution in [2.75, 3.05) is 0 Å². The third-order valence-corrected chi connectivity index (χ3v) is 5.84. The van der Waals surface area contributed by atoms with E-state index in [-0.39, 0.29) is 17.2 Å². The minimum absolute atomic E-state index is 0.00574. The summed E-state index contributed by atoms with van der Waals surface area (Å²) in [5.41, 5.74) is 3.73. The highest BCUT2D eigenvalue weighted by Gasteiger charge is 2.28. The molecule has 4 nitrogen and oxygen atoms in total. The third-order valence-electron chi connectivity index (χ3n) is 5.84. The molecule has 3 aromatic rings. The number of rotatable bonds is 6. The van der Waals surface area contributed by atoms with Gasteiger partial charge in [0.1, 0.15) is 0 Å². The number of aliphatic hydroxyl groups excluding tert-OH is 1.